The molecule has 1 atom stereocenters. The van der Waals surface area contributed by atoms with Gasteiger partial charge in [-0.1, -0.05) is 13.8 Å². The number of aliphatic hydroxyl groups is 1. The minimum atomic E-state index is -1.40. The highest BCUT2D eigenvalue weighted by Crippen LogP contribution is 2.06. The number of carboxylic acid groups (broad SMARTS) is 1. The van der Waals surface area contributed by atoms with Crippen molar-refractivity contribution in [3.05, 3.63) is 0 Å². The van der Waals surface area contributed by atoms with Gasteiger partial charge in [-0.15, -0.1) is 0 Å². The molecule has 0 aliphatic heterocycles. The molecule has 88 valence electrons. The average molecular weight is 217 g/mol. The van der Waals surface area contributed by atoms with Crippen LogP contribution in [-0.4, -0.2) is 34.7 Å². The standard InChI is InChI=1S/C10H19NO4/c1-3-7(4-2)9(13)11-6-5-8(12)10(14)15/h7-8,12H,3-6H2,1-2H3,(H,11,13)(H,14,15). The fourth-order valence-electron chi connectivity index (χ4n) is 1.26. The van der Waals surface area contributed by atoms with Crippen LogP contribution in [0, 0.1) is 5.92 Å². The Morgan fingerprint density at radius 3 is 2.20 bits per heavy atom. The second kappa shape index (κ2) is 7.23. The van der Waals surface area contributed by atoms with Crippen LogP contribution in [0.25, 0.3) is 0 Å². The second-order valence-electron chi connectivity index (χ2n) is 3.45. The molecule has 0 spiro atoms. The Morgan fingerprint density at radius 2 is 1.80 bits per heavy atom. The first-order chi connectivity index (χ1) is 7.02. The fraction of sp³-hybridized carbons (Fsp3) is 0.800. The van der Waals surface area contributed by atoms with Gasteiger partial charge in [-0.2, -0.15) is 0 Å². The van der Waals surface area contributed by atoms with Gasteiger partial charge in [-0.05, 0) is 12.8 Å². The molecule has 3 N–H and O–H groups in total. The lowest BCUT2D eigenvalue weighted by molar-refractivity contribution is -0.147. The first-order valence-electron chi connectivity index (χ1n) is 5.21. The Hall–Kier alpha value is -1.10. The average Bonchev–Trinajstić information content (AvgIpc) is 2.19. The number of rotatable bonds is 7. The highest BCUT2D eigenvalue weighted by molar-refractivity contribution is 5.78. The predicted molar refractivity (Wildman–Crippen MR) is 55.3 cm³/mol. The molecule has 0 heterocycles. The van der Waals surface area contributed by atoms with E-state index in [4.69, 9.17) is 10.2 Å². The van der Waals surface area contributed by atoms with E-state index in [0.29, 0.717) is 0 Å². The summed E-state index contributed by atoms with van der Waals surface area (Å²) < 4.78 is 0. The zero-order valence-electron chi connectivity index (χ0n) is 9.19. The zero-order chi connectivity index (χ0) is 11.8. The molecule has 0 fully saturated rings. The molecule has 0 aliphatic rings. The van der Waals surface area contributed by atoms with E-state index >= 15 is 0 Å². The predicted octanol–water partition coefficient (Wildman–Crippen LogP) is 0.374. The molecule has 1 amide bonds. The largest absolute Gasteiger partial charge is 0.479 e. The summed E-state index contributed by atoms with van der Waals surface area (Å²) in [4.78, 5) is 21.7. The molecule has 0 saturated carbocycles. The van der Waals surface area contributed by atoms with Gasteiger partial charge in [0, 0.05) is 18.9 Å². The lowest BCUT2D eigenvalue weighted by Gasteiger charge is -2.13. The summed E-state index contributed by atoms with van der Waals surface area (Å²) >= 11 is 0. The van der Waals surface area contributed by atoms with E-state index in [9.17, 15) is 9.59 Å². The number of aliphatic hydroxyl groups excluding tert-OH is 1. The second-order valence-corrected chi connectivity index (χ2v) is 3.45. The maximum atomic E-state index is 11.4. The number of carbonyl (C=O) groups excluding carboxylic acids is 1. The monoisotopic (exact) mass is 217 g/mol. The zero-order valence-corrected chi connectivity index (χ0v) is 9.19. The van der Waals surface area contributed by atoms with Gasteiger partial charge < -0.3 is 15.5 Å². The van der Waals surface area contributed by atoms with Crippen molar-refractivity contribution in [2.24, 2.45) is 5.92 Å². The summed E-state index contributed by atoms with van der Waals surface area (Å²) in [6.45, 7) is 4.06. The van der Waals surface area contributed by atoms with Gasteiger partial charge in [0.2, 0.25) is 5.91 Å². The fourth-order valence-corrected chi connectivity index (χ4v) is 1.26. The van der Waals surface area contributed by atoms with Crippen LogP contribution in [0.1, 0.15) is 33.1 Å². The minimum Gasteiger partial charge on any atom is -0.479 e. The van der Waals surface area contributed by atoms with E-state index < -0.39 is 12.1 Å². The number of carbonyl (C=O) groups is 2. The Bertz CT molecular complexity index is 213. The van der Waals surface area contributed by atoms with Gasteiger partial charge in [0.05, 0.1) is 0 Å². The third-order valence-corrected chi connectivity index (χ3v) is 2.36. The van der Waals surface area contributed by atoms with Crippen molar-refractivity contribution < 1.29 is 19.8 Å². The first-order valence-corrected chi connectivity index (χ1v) is 5.21. The molecule has 0 bridgehead atoms. The van der Waals surface area contributed by atoms with Crippen LogP contribution in [0.3, 0.4) is 0 Å². The van der Waals surface area contributed by atoms with E-state index in [1.54, 1.807) is 0 Å². The van der Waals surface area contributed by atoms with Crippen LogP contribution in [0.5, 0.6) is 0 Å². The summed E-state index contributed by atoms with van der Waals surface area (Å²) in [5, 5.41) is 19.9. The molecule has 15 heavy (non-hydrogen) atoms. The molecule has 0 rings (SSSR count). The molecule has 0 aromatic heterocycles. The number of hydrogen-bond donors (Lipinski definition) is 3. The van der Waals surface area contributed by atoms with Crippen molar-refractivity contribution in [2.45, 2.75) is 39.2 Å². The maximum absolute atomic E-state index is 11.4. The summed E-state index contributed by atoms with van der Waals surface area (Å²) in [6, 6.07) is 0. The summed E-state index contributed by atoms with van der Waals surface area (Å²) in [7, 11) is 0. The van der Waals surface area contributed by atoms with Crippen molar-refractivity contribution >= 4 is 11.9 Å². The number of aliphatic carboxylic acids is 1. The highest BCUT2D eigenvalue weighted by Gasteiger charge is 2.16. The van der Waals surface area contributed by atoms with Crippen LogP contribution in [0.2, 0.25) is 0 Å². The Morgan fingerprint density at radius 1 is 1.27 bits per heavy atom. The van der Waals surface area contributed by atoms with E-state index in [1.165, 1.54) is 0 Å². The molecule has 0 aromatic rings. The number of amides is 1. The number of carboxylic acids is 1. The van der Waals surface area contributed by atoms with E-state index in [0.717, 1.165) is 12.8 Å². The van der Waals surface area contributed by atoms with Crippen LogP contribution in [0.15, 0.2) is 0 Å². The van der Waals surface area contributed by atoms with Crippen LogP contribution in [-0.2, 0) is 9.59 Å². The maximum Gasteiger partial charge on any atom is 0.332 e. The molecule has 1 unspecified atom stereocenters. The molecule has 5 heteroatoms. The normalized spacial score (nSPS) is 12.5. The molecule has 0 radical (unpaired) electrons. The van der Waals surface area contributed by atoms with Gasteiger partial charge in [-0.3, -0.25) is 4.79 Å². The number of hydrogen-bond acceptors (Lipinski definition) is 3. The molecule has 0 saturated heterocycles. The van der Waals surface area contributed by atoms with Crippen LogP contribution >= 0.6 is 0 Å². The van der Waals surface area contributed by atoms with Crippen LogP contribution < -0.4 is 5.32 Å². The topological polar surface area (TPSA) is 86.6 Å². The lowest BCUT2D eigenvalue weighted by Crippen LogP contribution is -2.33. The van der Waals surface area contributed by atoms with Crippen molar-refractivity contribution in [2.75, 3.05) is 6.54 Å². The van der Waals surface area contributed by atoms with Gasteiger partial charge in [0.15, 0.2) is 6.10 Å². The lowest BCUT2D eigenvalue weighted by atomic mass is 10.0. The van der Waals surface area contributed by atoms with Gasteiger partial charge in [0.25, 0.3) is 0 Å². The van der Waals surface area contributed by atoms with Gasteiger partial charge in [0.1, 0.15) is 0 Å². The van der Waals surface area contributed by atoms with E-state index in [2.05, 4.69) is 5.32 Å². The minimum absolute atomic E-state index is 0.0213. The first kappa shape index (κ1) is 13.9. The summed E-state index contributed by atoms with van der Waals surface area (Å²) in [5.74, 6) is -1.35. The van der Waals surface area contributed by atoms with Crippen molar-refractivity contribution in [1.29, 1.82) is 0 Å². The number of nitrogens with one attached hydrogen (secondary N) is 1. The Kier molecular flexibility index (Phi) is 6.70. The summed E-state index contributed by atoms with van der Waals surface area (Å²) in [5.41, 5.74) is 0. The van der Waals surface area contributed by atoms with Crippen LogP contribution in [0.4, 0.5) is 0 Å². The molecular formula is C10H19NO4. The molecule has 0 aromatic carbocycles. The quantitative estimate of drug-likeness (QED) is 0.575. The van der Waals surface area contributed by atoms with E-state index in [-0.39, 0.29) is 24.8 Å². The van der Waals surface area contributed by atoms with Gasteiger partial charge in [-0.25, -0.2) is 4.79 Å². The van der Waals surface area contributed by atoms with Crippen molar-refractivity contribution in [3.8, 4) is 0 Å². The summed E-state index contributed by atoms with van der Waals surface area (Å²) in [6.07, 6.45) is 0.182. The highest BCUT2D eigenvalue weighted by atomic mass is 16.4. The van der Waals surface area contributed by atoms with Crippen molar-refractivity contribution in [3.63, 3.8) is 0 Å². The molecule has 0 aliphatic carbocycles. The smallest absolute Gasteiger partial charge is 0.332 e. The van der Waals surface area contributed by atoms with Crippen molar-refractivity contribution in [1.82, 2.24) is 5.32 Å². The SMILES string of the molecule is CCC(CC)C(=O)NCCC(O)C(=O)O. The Labute approximate surface area is 89.5 Å². The Balaban J connectivity index is 3.76. The third kappa shape index (κ3) is 5.37. The molecule has 5 nitrogen and oxygen atoms in total. The molecular weight excluding hydrogens is 198 g/mol. The van der Waals surface area contributed by atoms with Gasteiger partial charge >= 0.3 is 5.97 Å². The third-order valence-electron chi connectivity index (χ3n) is 2.36. The van der Waals surface area contributed by atoms with E-state index in [1.807, 2.05) is 13.8 Å².